The van der Waals surface area contributed by atoms with Crippen LogP contribution < -0.4 is 5.56 Å². The molecule has 0 aliphatic carbocycles. The predicted octanol–water partition coefficient (Wildman–Crippen LogP) is 1.40. The molecule has 0 unspecified atom stereocenters. The van der Waals surface area contributed by atoms with Gasteiger partial charge in [-0.1, -0.05) is 30.3 Å². The Bertz CT molecular complexity index is 849. The molecule has 0 spiro atoms. The molecule has 6 nitrogen and oxygen atoms in total. The second-order valence-corrected chi connectivity index (χ2v) is 4.79. The molecule has 0 fully saturated rings. The van der Waals surface area contributed by atoms with Crippen molar-refractivity contribution in [3.05, 3.63) is 58.8 Å². The SMILES string of the molecule is Cn1ncc2c(=O)n(CCC(=O)c3ccccc3)cnc21. The summed E-state index contributed by atoms with van der Waals surface area (Å²) in [7, 11) is 1.73. The summed E-state index contributed by atoms with van der Waals surface area (Å²) >= 11 is 0. The van der Waals surface area contributed by atoms with Gasteiger partial charge in [0.2, 0.25) is 0 Å². The molecule has 0 bridgehead atoms. The van der Waals surface area contributed by atoms with E-state index in [4.69, 9.17) is 0 Å². The maximum atomic E-state index is 12.2. The van der Waals surface area contributed by atoms with Gasteiger partial charge in [0.15, 0.2) is 11.4 Å². The van der Waals surface area contributed by atoms with E-state index < -0.39 is 0 Å². The monoisotopic (exact) mass is 282 g/mol. The van der Waals surface area contributed by atoms with E-state index in [1.165, 1.54) is 17.1 Å². The fourth-order valence-corrected chi connectivity index (χ4v) is 2.22. The predicted molar refractivity (Wildman–Crippen MR) is 78.2 cm³/mol. The van der Waals surface area contributed by atoms with Crippen LogP contribution in [0.1, 0.15) is 16.8 Å². The molecule has 1 aromatic carbocycles. The number of aryl methyl sites for hydroxylation is 2. The topological polar surface area (TPSA) is 69.8 Å². The number of benzene rings is 1. The van der Waals surface area contributed by atoms with Crippen LogP contribution in [0.4, 0.5) is 0 Å². The van der Waals surface area contributed by atoms with Crippen molar-refractivity contribution in [2.75, 3.05) is 0 Å². The highest BCUT2D eigenvalue weighted by molar-refractivity contribution is 5.95. The molecule has 0 aliphatic heterocycles. The summed E-state index contributed by atoms with van der Waals surface area (Å²) in [5, 5.41) is 4.48. The summed E-state index contributed by atoms with van der Waals surface area (Å²) in [5.74, 6) is 0.00813. The molecule has 0 aliphatic rings. The summed E-state index contributed by atoms with van der Waals surface area (Å²) in [6.45, 7) is 0.310. The fourth-order valence-electron chi connectivity index (χ4n) is 2.22. The molecule has 2 aromatic heterocycles. The summed E-state index contributed by atoms with van der Waals surface area (Å²) in [6, 6.07) is 9.05. The molecule has 0 N–H and O–H groups in total. The van der Waals surface area contributed by atoms with Crippen LogP contribution in [-0.2, 0) is 13.6 Å². The van der Waals surface area contributed by atoms with Crippen molar-refractivity contribution < 1.29 is 4.79 Å². The number of rotatable bonds is 4. The van der Waals surface area contributed by atoms with Gasteiger partial charge in [-0.15, -0.1) is 0 Å². The standard InChI is InChI=1S/C15H14N4O2/c1-18-14-12(9-17-18)15(21)19(10-16-14)8-7-13(20)11-5-3-2-4-6-11/h2-6,9-10H,7-8H2,1H3. The van der Waals surface area contributed by atoms with Gasteiger partial charge in [-0.05, 0) is 0 Å². The number of nitrogens with zero attached hydrogens (tertiary/aromatic N) is 4. The van der Waals surface area contributed by atoms with Crippen LogP contribution in [0.5, 0.6) is 0 Å². The van der Waals surface area contributed by atoms with Gasteiger partial charge in [0.25, 0.3) is 5.56 Å². The highest BCUT2D eigenvalue weighted by Crippen LogP contribution is 2.06. The average Bonchev–Trinajstić information content (AvgIpc) is 2.89. The molecule has 2 heterocycles. The van der Waals surface area contributed by atoms with Gasteiger partial charge >= 0.3 is 0 Å². The second kappa shape index (κ2) is 5.32. The number of carbonyl (C=O) groups is 1. The lowest BCUT2D eigenvalue weighted by molar-refractivity contribution is 0.0976. The van der Waals surface area contributed by atoms with Crippen LogP contribution >= 0.6 is 0 Å². The van der Waals surface area contributed by atoms with Crippen LogP contribution in [0.2, 0.25) is 0 Å². The Labute approximate surface area is 120 Å². The minimum Gasteiger partial charge on any atom is -0.298 e. The van der Waals surface area contributed by atoms with E-state index in [-0.39, 0.29) is 17.8 Å². The maximum absolute atomic E-state index is 12.2. The highest BCUT2D eigenvalue weighted by atomic mass is 16.1. The number of fused-ring (bicyclic) bond motifs is 1. The minimum absolute atomic E-state index is 0.00813. The lowest BCUT2D eigenvalue weighted by Gasteiger charge is -2.05. The van der Waals surface area contributed by atoms with Gasteiger partial charge in [-0.3, -0.25) is 18.8 Å². The lowest BCUT2D eigenvalue weighted by Crippen LogP contribution is -2.22. The number of ketones is 1. The van der Waals surface area contributed by atoms with Crippen molar-refractivity contribution in [2.24, 2.45) is 7.05 Å². The third-order valence-electron chi connectivity index (χ3n) is 3.39. The van der Waals surface area contributed by atoms with E-state index in [0.29, 0.717) is 23.1 Å². The van der Waals surface area contributed by atoms with E-state index in [0.717, 1.165) is 0 Å². The molecule has 0 atom stereocenters. The number of aromatic nitrogens is 4. The first-order valence-electron chi connectivity index (χ1n) is 6.62. The smallest absolute Gasteiger partial charge is 0.264 e. The number of hydrogen-bond donors (Lipinski definition) is 0. The van der Waals surface area contributed by atoms with Crippen molar-refractivity contribution in [1.82, 2.24) is 19.3 Å². The Morgan fingerprint density at radius 2 is 2.00 bits per heavy atom. The zero-order chi connectivity index (χ0) is 14.8. The maximum Gasteiger partial charge on any atom is 0.264 e. The van der Waals surface area contributed by atoms with Crippen LogP contribution in [0, 0.1) is 0 Å². The molecule has 21 heavy (non-hydrogen) atoms. The van der Waals surface area contributed by atoms with Gasteiger partial charge in [0.1, 0.15) is 5.39 Å². The van der Waals surface area contributed by atoms with Crippen molar-refractivity contribution in [2.45, 2.75) is 13.0 Å². The number of Topliss-reactive ketones (excluding diaryl/α,β-unsaturated/α-hetero) is 1. The van der Waals surface area contributed by atoms with Crippen molar-refractivity contribution in [3.63, 3.8) is 0 Å². The summed E-state index contributed by atoms with van der Waals surface area (Å²) in [5.41, 5.74) is 1.03. The van der Waals surface area contributed by atoms with Crippen molar-refractivity contribution in [3.8, 4) is 0 Å². The average molecular weight is 282 g/mol. The highest BCUT2D eigenvalue weighted by Gasteiger charge is 2.10. The number of carbonyl (C=O) groups excluding carboxylic acids is 1. The lowest BCUT2D eigenvalue weighted by atomic mass is 10.1. The fraction of sp³-hybridized carbons (Fsp3) is 0.200. The van der Waals surface area contributed by atoms with Crippen LogP contribution in [0.25, 0.3) is 11.0 Å². The Morgan fingerprint density at radius 3 is 2.76 bits per heavy atom. The van der Waals surface area contributed by atoms with Crippen molar-refractivity contribution >= 4 is 16.8 Å². The van der Waals surface area contributed by atoms with E-state index in [2.05, 4.69) is 10.1 Å². The Hall–Kier alpha value is -2.76. The summed E-state index contributed by atoms with van der Waals surface area (Å²) in [4.78, 5) is 28.5. The number of hydrogen-bond acceptors (Lipinski definition) is 4. The third kappa shape index (κ3) is 2.47. The molecule has 3 rings (SSSR count). The molecular weight excluding hydrogens is 268 g/mol. The van der Waals surface area contributed by atoms with Gasteiger partial charge in [-0.25, -0.2) is 4.98 Å². The minimum atomic E-state index is -0.172. The molecule has 106 valence electrons. The summed E-state index contributed by atoms with van der Waals surface area (Å²) < 4.78 is 3.00. The first-order chi connectivity index (χ1) is 10.2. The molecule has 0 saturated heterocycles. The largest absolute Gasteiger partial charge is 0.298 e. The van der Waals surface area contributed by atoms with Gasteiger partial charge in [-0.2, -0.15) is 5.10 Å². The first kappa shape index (κ1) is 13.2. The normalized spacial score (nSPS) is 10.9. The van der Waals surface area contributed by atoms with E-state index in [9.17, 15) is 9.59 Å². The second-order valence-electron chi connectivity index (χ2n) is 4.79. The van der Waals surface area contributed by atoms with E-state index >= 15 is 0 Å². The van der Waals surface area contributed by atoms with Crippen LogP contribution in [0.3, 0.4) is 0 Å². The molecule has 6 heteroatoms. The first-order valence-corrected chi connectivity index (χ1v) is 6.62. The molecule has 0 saturated carbocycles. The van der Waals surface area contributed by atoms with Gasteiger partial charge in [0, 0.05) is 25.6 Å². The van der Waals surface area contributed by atoms with Crippen LogP contribution in [-0.4, -0.2) is 25.1 Å². The summed E-state index contributed by atoms with van der Waals surface area (Å²) in [6.07, 6.45) is 3.22. The van der Waals surface area contributed by atoms with Gasteiger partial charge in [0.05, 0.1) is 12.5 Å². The van der Waals surface area contributed by atoms with E-state index in [1.54, 1.807) is 23.9 Å². The molecule has 3 aromatic rings. The molecular formula is C15H14N4O2. The van der Waals surface area contributed by atoms with Gasteiger partial charge < -0.3 is 0 Å². The Kier molecular flexibility index (Phi) is 3.35. The zero-order valence-electron chi connectivity index (χ0n) is 11.6. The quantitative estimate of drug-likeness (QED) is 0.678. The third-order valence-corrected chi connectivity index (χ3v) is 3.39. The van der Waals surface area contributed by atoms with Crippen molar-refractivity contribution in [1.29, 1.82) is 0 Å². The molecule has 0 amide bonds. The Morgan fingerprint density at radius 1 is 1.24 bits per heavy atom. The van der Waals surface area contributed by atoms with E-state index in [1.807, 2.05) is 18.2 Å². The zero-order valence-corrected chi connectivity index (χ0v) is 11.6. The Balaban J connectivity index is 1.81. The molecule has 0 radical (unpaired) electrons. The van der Waals surface area contributed by atoms with Crippen LogP contribution in [0.15, 0.2) is 47.7 Å².